The number of ether oxygens (including phenoxy) is 2. The first-order chi connectivity index (χ1) is 18.6. The minimum atomic E-state index is -0.383. The summed E-state index contributed by atoms with van der Waals surface area (Å²) < 4.78 is 26.4. The second-order valence-corrected chi connectivity index (χ2v) is 11.6. The topological polar surface area (TPSA) is 88.5 Å². The Bertz CT molecular complexity index is 1240. The molecule has 0 atom stereocenters. The zero-order chi connectivity index (χ0) is 26.0. The highest BCUT2D eigenvalue weighted by atomic mass is 32.1. The number of nitrogens with one attached hydrogen (secondary N) is 1. The maximum Gasteiger partial charge on any atom is 0.317 e. The lowest BCUT2D eigenvalue weighted by Crippen LogP contribution is -2.46. The van der Waals surface area contributed by atoms with Gasteiger partial charge in [0.05, 0.1) is 23.8 Å². The van der Waals surface area contributed by atoms with Crippen LogP contribution in [0.4, 0.5) is 15.3 Å². The number of anilines is 2. The van der Waals surface area contributed by atoms with E-state index in [2.05, 4.69) is 42.0 Å². The average molecular weight is 540 g/mol. The van der Waals surface area contributed by atoms with Gasteiger partial charge in [0.2, 0.25) is 0 Å². The summed E-state index contributed by atoms with van der Waals surface area (Å²) in [6.07, 6.45) is 9.56. The number of nitrogens with zero attached hydrogens (tertiary/aromatic N) is 6. The standard InChI is InChI=1S/C27H34FN7O2S/c1-2-34-9-11-35(12-10-34)16-19-13-21(28)24(30-14-19)33-26-31-15-23(38-26)22-5-8-29-25(32-22)37-20-3-6-27(7-4-20)17-36-18-27/h5,8,13-15,20H,2-4,6-7,9-12,16-18H2,1H3,(H,30,31,33). The molecule has 0 bridgehead atoms. The molecule has 0 aromatic carbocycles. The van der Waals surface area contributed by atoms with E-state index in [9.17, 15) is 4.39 Å². The number of hydrogen-bond acceptors (Lipinski definition) is 10. The second kappa shape index (κ2) is 11.2. The van der Waals surface area contributed by atoms with E-state index in [1.165, 1.54) is 11.3 Å². The Balaban J connectivity index is 1.05. The van der Waals surface area contributed by atoms with E-state index in [1.54, 1.807) is 24.7 Å². The Morgan fingerprint density at radius 3 is 2.61 bits per heavy atom. The molecule has 1 N–H and O–H groups in total. The van der Waals surface area contributed by atoms with Crippen LogP contribution in [0.3, 0.4) is 0 Å². The molecule has 0 unspecified atom stereocenters. The van der Waals surface area contributed by atoms with Gasteiger partial charge in [-0.1, -0.05) is 18.3 Å². The molecule has 2 aliphatic heterocycles. The van der Waals surface area contributed by atoms with Crippen LogP contribution in [0, 0.1) is 11.2 Å². The summed E-state index contributed by atoms with van der Waals surface area (Å²) >= 11 is 1.39. The highest BCUT2D eigenvalue weighted by Crippen LogP contribution is 2.43. The maximum atomic E-state index is 14.9. The molecule has 38 heavy (non-hydrogen) atoms. The number of aromatic nitrogens is 4. The summed E-state index contributed by atoms with van der Waals surface area (Å²) in [5.74, 6) is -0.212. The smallest absolute Gasteiger partial charge is 0.317 e. The van der Waals surface area contributed by atoms with Crippen LogP contribution in [0.5, 0.6) is 6.01 Å². The third kappa shape index (κ3) is 5.80. The van der Waals surface area contributed by atoms with E-state index in [0.29, 0.717) is 23.1 Å². The maximum absolute atomic E-state index is 14.9. The van der Waals surface area contributed by atoms with E-state index in [-0.39, 0.29) is 17.7 Å². The van der Waals surface area contributed by atoms with Crippen molar-refractivity contribution in [1.82, 2.24) is 29.7 Å². The Labute approximate surface area is 226 Å². The van der Waals surface area contributed by atoms with Crippen molar-refractivity contribution in [1.29, 1.82) is 0 Å². The van der Waals surface area contributed by atoms with Gasteiger partial charge in [-0.25, -0.2) is 19.3 Å². The Morgan fingerprint density at radius 1 is 1.11 bits per heavy atom. The Morgan fingerprint density at radius 2 is 1.89 bits per heavy atom. The molecule has 202 valence electrons. The van der Waals surface area contributed by atoms with Gasteiger partial charge in [0.25, 0.3) is 0 Å². The van der Waals surface area contributed by atoms with Gasteiger partial charge in [0.15, 0.2) is 16.8 Å². The van der Waals surface area contributed by atoms with Crippen molar-refractivity contribution in [3.8, 4) is 16.6 Å². The van der Waals surface area contributed by atoms with E-state index < -0.39 is 0 Å². The average Bonchev–Trinajstić information content (AvgIpc) is 3.39. The summed E-state index contributed by atoms with van der Waals surface area (Å²) in [6.45, 7) is 9.81. The Kier molecular flexibility index (Phi) is 7.51. The van der Waals surface area contributed by atoms with Crippen LogP contribution in [-0.4, -0.2) is 81.8 Å². The fourth-order valence-electron chi connectivity index (χ4n) is 5.41. The number of likely N-dealkylation sites (N-methyl/N-ethyl adjacent to an activating group) is 1. The summed E-state index contributed by atoms with van der Waals surface area (Å²) in [5, 5.41) is 3.57. The highest BCUT2D eigenvalue weighted by Gasteiger charge is 2.42. The molecule has 1 saturated carbocycles. The van der Waals surface area contributed by atoms with E-state index in [4.69, 9.17) is 9.47 Å². The molecule has 9 nitrogen and oxygen atoms in total. The van der Waals surface area contributed by atoms with Crippen molar-refractivity contribution in [2.45, 2.75) is 45.3 Å². The minimum Gasteiger partial charge on any atom is -0.460 e. The predicted octanol–water partition coefficient (Wildman–Crippen LogP) is 4.35. The molecule has 6 rings (SSSR count). The van der Waals surface area contributed by atoms with Crippen LogP contribution in [0.25, 0.3) is 10.6 Å². The molecule has 3 aromatic heterocycles. The van der Waals surface area contributed by atoms with E-state index in [1.807, 2.05) is 6.07 Å². The van der Waals surface area contributed by atoms with Gasteiger partial charge in [-0.05, 0) is 49.9 Å². The lowest BCUT2D eigenvalue weighted by molar-refractivity contribution is -0.140. The lowest BCUT2D eigenvalue weighted by Gasteiger charge is -2.45. The predicted molar refractivity (Wildman–Crippen MR) is 144 cm³/mol. The third-order valence-corrected chi connectivity index (χ3v) is 8.85. The van der Waals surface area contributed by atoms with Crippen LogP contribution < -0.4 is 10.1 Å². The molecule has 0 radical (unpaired) electrons. The second-order valence-electron chi connectivity index (χ2n) is 10.6. The van der Waals surface area contributed by atoms with Gasteiger partial charge < -0.3 is 19.7 Å². The van der Waals surface area contributed by atoms with Crippen LogP contribution >= 0.6 is 11.3 Å². The van der Waals surface area contributed by atoms with Crippen molar-refractivity contribution < 1.29 is 13.9 Å². The molecule has 11 heteroatoms. The van der Waals surface area contributed by atoms with Gasteiger partial charge in [-0.15, -0.1) is 0 Å². The van der Waals surface area contributed by atoms with Gasteiger partial charge in [-0.2, -0.15) is 4.98 Å². The number of rotatable bonds is 8. The van der Waals surface area contributed by atoms with Crippen molar-refractivity contribution in [2.75, 3.05) is 51.3 Å². The van der Waals surface area contributed by atoms with Crippen molar-refractivity contribution in [3.63, 3.8) is 0 Å². The molecule has 3 fully saturated rings. The van der Waals surface area contributed by atoms with Crippen LogP contribution in [-0.2, 0) is 11.3 Å². The van der Waals surface area contributed by atoms with E-state index >= 15 is 0 Å². The molecule has 1 aliphatic carbocycles. The zero-order valence-electron chi connectivity index (χ0n) is 21.7. The van der Waals surface area contributed by atoms with Crippen molar-refractivity contribution in [2.24, 2.45) is 5.41 Å². The normalized spacial score (nSPS) is 20.4. The number of halogens is 1. The van der Waals surface area contributed by atoms with Crippen LogP contribution in [0.1, 0.15) is 38.2 Å². The highest BCUT2D eigenvalue weighted by molar-refractivity contribution is 7.18. The zero-order valence-corrected chi connectivity index (χ0v) is 22.6. The van der Waals surface area contributed by atoms with Crippen LogP contribution in [0.2, 0.25) is 0 Å². The van der Waals surface area contributed by atoms with Gasteiger partial charge in [-0.3, -0.25) is 4.90 Å². The van der Waals surface area contributed by atoms with Gasteiger partial charge in [0.1, 0.15) is 6.10 Å². The van der Waals surface area contributed by atoms with Gasteiger partial charge >= 0.3 is 6.01 Å². The Hall–Kier alpha value is -2.73. The minimum absolute atomic E-state index is 0.133. The first kappa shape index (κ1) is 25.5. The molecule has 3 aromatic rings. The molecule has 0 amide bonds. The SMILES string of the molecule is CCN1CCN(Cc2cnc(Nc3ncc(-c4ccnc(OC5CCC6(CC5)COC6)n4)s3)c(F)c2)CC1. The molecule has 1 spiro atoms. The fourth-order valence-corrected chi connectivity index (χ4v) is 6.20. The molecule has 3 aliphatic rings. The van der Waals surface area contributed by atoms with Crippen LogP contribution in [0.15, 0.2) is 30.7 Å². The first-order valence-electron chi connectivity index (χ1n) is 13.5. The number of hydrogen-bond donors (Lipinski definition) is 1. The monoisotopic (exact) mass is 539 g/mol. The summed E-state index contributed by atoms with van der Waals surface area (Å²) in [5.41, 5.74) is 1.99. The summed E-state index contributed by atoms with van der Waals surface area (Å²) in [7, 11) is 0. The van der Waals surface area contributed by atoms with Gasteiger partial charge in [0, 0.05) is 56.7 Å². The summed E-state index contributed by atoms with van der Waals surface area (Å²) in [4.78, 5) is 23.3. The van der Waals surface area contributed by atoms with Crippen molar-refractivity contribution in [3.05, 3.63) is 42.1 Å². The molecular formula is C27H34FN7O2S. The number of thiazole rings is 1. The molecular weight excluding hydrogens is 505 g/mol. The molecule has 2 saturated heterocycles. The first-order valence-corrected chi connectivity index (χ1v) is 14.3. The number of piperazine rings is 1. The lowest BCUT2D eigenvalue weighted by atomic mass is 9.72. The van der Waals surface area contributed by atoms with E-state index in [0.717, 1.165) is 87.8 Å². The largest absolute Gasteiger partial charge is 0.460 e. The molecule has 5 heterocycles. The van der Waals surface area contributed by atoms with Crippen molar-refractivity contribution >= 4 is 22.3 Å². The quantitative estimate of drug-likeness (QED) is 0.449. The fraction of sp³-hybridized carbons (Fsp3) is 0.556. The summed E-state index contributed by atoms with van der Waals surface area (Å²) in [6, 6.07) is 3.78. The number of pyridine rings is 1. The third-order valence-electron chi connectivity index (χ3n) is 7.91.